The Bertz CT molecular complexity index is 868. The molecule has 1 aromatic heterocycles. The summed E-state index contributed by atoms with van der Waals surface area (Å²) in [5.74, 6) is 1.01. The number of aryl methyl sites for hydroxylation is 1. The van der Waals surface area contributed by atoms with Crippen molar-refractivity contribution < 1.29 is 9.53 Å². The van der Waals surface area contributed by atoms with Gasteiger partial charge in [0.15, 0.2) is 5.78 Å². The lowest BCUT2D eigenvalue weighted by molar-refractivity contribution is -0.127. The summed E-state index contributed by atoms with van der Waals surface area (Å²) in [6.45, 7) is 4.74. The summed E-state index contributed by atoms with van der Waals surface area (Å²) in [7, 11) is 4.35. The van der Waals surface area contributed by atoms with Crippen molar-refractivity contribution in [2.75, 3.05) is 46.4 Å². The summed E-state index contributed by atoms with van der Waals surface area (Å²) in [4.78, 5) is 17.8. The average Bonchev–Trinajstić information content (AvgIpc) is 3.00. The van der Waals surface area contributed by atoms with Crippen LogP contribution in [0.2, 0.25) is 0 Å². The second-order valence-electron chi connectivity index (χ2n) is 8.61. The maximum atomic E-state index is 13.1. The molecule has 1 aromatic carbocycles. The van der Waals surface area contributed by atoms with E-state index in [0.29, 0.717) is 24.3 Å². The molecule has 3 atom stereocenters. The first-order valence-electron chi connectivity index (χ1n) is 10.2. The van der Waals surface area contributed by atoms with E-state index in [0.717, 1.165) is 45.7 Å². The van der Waals surface area contributed by atoms with Crippen LogP contribution in [-0.2, 0) is 23.0 Å². The number of rotatable bonds is 3. The highest BCUT2D eigenvalue weighted by molar-refractivity contribution is 5.89. The van der Waals surface area contributed by atoms with Gasteiger partial charge in [0.2, 0.25) is 0 Å². The molecule has 0 spiro atoms. The summed E-state index contributed by atoms with van der Waals surface area (Å²) in [6, 6.07) is 7.21. The van der Waals surface area contributed by atoms with Crippen molar-refractivity contribution >= 4 is 16.7 Å². The van der Waals surface area contributed by atoms with E-state index in [4.69, 9.17) is 4.74 Å². The molecule has 0 bridgehead atoms. The zero-order valence-corrected chi connectivity index (χ0v) is 16.4. The second-order valence-corrected chi connectivity index (χ2v) is 8.61. The number of likely N-dealkylation sites (tertiary alicyclic amines) is 1. The van der Waals surface area contributed by atoms with Crippen LogP contribution in [-0.4, -0.2) is 72.6 Å². The van der Waals surface area contributed by atoms with Crippen molar-refractivity contribution in [2.45, 2.75) is 24.8 Å². The van der Waals surface area contributed by atoms with Gasteiger partial charge in [-0.15, -0.1) is 0 Å². The Morgan fingerprint density at radius 2 is 2.04 bits per heavy atom. The largest absolute Gasteiger partial charge is 0.379 e. The van der Waals surface area contributed by atoms with Gasteiger partial charge in [0, 0.05) is 61.7 Å². The minimum atomic E-state index is 0.139. The van der Waals surface area contributed by atoms with E-state index >= 15 is 0 Å². The number of carbonyl (C=O) groups is 1. The van der Waals surface area contributed by atoms with E-state index in [-0.39, 0.29) is 5.92 Å². The Labute approximate surface area is 160 Å². The van der Waals surface area contributed by atoms with Gasteiger partial charge in [-0.1, -0.05) is 12.1 Å². The molecule has 0 amide bonds. The Kier molecular flexibility index (Phi) is 4.34. The third kappa shape index (κ3) is 2.93. The van der Waals surface area contributed by atoms with E-state index in [1.807, 2.05) is 0 Å². The summed E-state index contributed by atoms with van der Waals surface area (Å²) in [5, 5.41) is 1.44. The number of hydrogen-bond acceptors (Lipinski definition) is 4. The highest BCUT2D eigenvalue weighted by Gasteiger charge is 2.41. The predicted molar refractivity (Wildman–Crippen MR) is 106 cm³/mol. The topological polar surface area (TPSA) is 37.7 Å². The van der Waals surface area contributed by atoms with E-state index < -0.39 is 0 Å². The number of carbonyl (C=O) groups excluding carboxylic acids is 1. The lowest BCUT2D eigenvalue weighted by Gasteiger charge is -2.45. The number of ketones is 1. The van der Waals surface area contributed by atoms with Crippen LogP contribution in [0.15, 0.2) is 24.4 Å². The number of aromatic nitrogens is 1. The van der Waals surface area contributed by atoms with Gasteiger partial charge in [-0.3, -0.25) is 9.69 Å². The molecule has 0 saturated carbocycles. The van der Waals surface area contributed by atoms with Crippen LogP contribution in [0, 0.1) is 5.92 Å². The summed E-state index contributed by atoms with van der Waals surface area (Å²) < 4.78 is 7.68. The molecular weight excluding hydrogens is 338 g/mol. The lowest BCUT2D eigenvalue weighted by Crippen LogP contribution is -2.51. The molecule has 27 heavy (non-hydrogen) atoms. The second kappa shape index (κ2) is 6.73. The molecule has 0 radical (unpaired) electrons. The highest BCUT2D eigenvalue weighted by atomic mass is 16.5. The molecule has 2 saturated heterocycles. The molecule has 5 rings (SSSR count). The monoisotopic (exact) mass is 367 g/mol. The highest BCUT2D eigenvalue weighted by Crippen LogP contribution is 2.44. The van der Waals surface area contributed by atoms with E-state index in [1.54, 1.807) is 0 Å². The Balaban J connectivity index is 1.41. The number of ether oxygens (including phenoxy) is 1. The maximum Gasteiger partial charge on any atom is 0.151 e. The van der Waals surface area contributed by atoms with Crippen LogP contribution in [0.4, 0.5) is 0 Å². The van der Waals surface area contributed by atoms with Gasteiger partial charge in [0.05, 0.1) is 19.8 Å². The van der Waals surface area contributed by atoms with Gasteiger partial charge in [-0.05, 0) is 37.1 Å². The SMILES string of the molecule is CN1CC(C(=O)CN2CCOCC2)C[C@@H]2c3cccc4c3c(cn4C)C[C@H]21. The van der Waals surface area contributed by atoms with Crippen LogP contribution in [0.5, 0.6) is 0 Å². The summed E-state index contributed by atoms with van der Waals surface area (Å²) in [5.41, 5.74) is 4.25. The van der Waals surface area contributed by atoms with E-state index in [9.17, 15) is 4.79 Å². The predicted octanol–water partition coefficient (Wildman–Crippen LogP) is 2.04. The molecule has 2 aliphatic heterocycles. The number of nitrogens with zero attached hydrogens (tertiary/aromatic N) is 3. The molecule has 2 aromatic rings. The average molecular weight is 367 g/mol. The molecule has 3 aliphatic rings. The fourth-order valence-corrected chi connectivity index (χ4v) is 5.56. The number of piperidine rings is 1. The van der Waals surface area contributed by atoms with Crippen LogP contribution in [0.3, 0.4) is 0 Å². The summed E-state index contributed by atoms with van der Waals surface area (Å²) >= 11 is 0. The first-order chi connectivity index (χ1) is 13.1. The van der Waals surface area contributed by atoms with Crippen LogP contribution >= 0.6 is 0 Å². The Morgan fingerprint density at radius 1 is 1.22 bits per heavy atom. The smallest absolute Gasteiger partial charge is 0.151 e. The van der Waals surface area contributed by atoms with Gasteiger partial charge in [-0.2, -0.15) is 0 Å². The number of fused-ring (bicyclic) bond motifs is 2. The normalized spacial score (nSPS) is 29.0. The number of morpholine rings is 1. The maximum absolute atomic E-state index is 13.1. The van der Waals surface area contributed by atoms with Gasteiger partial charge >= 0.3 is 0 Å². The minimum absolute atomic E-state index is 0.139. The van der Waals surface area contributed by atoms with Crippen LogP contribution in [0.25, 0.3) is 10.9 Å². The molecule has 5 nitrogen and oxygen atoms in total. The molecule has 2 fully saturated rings. The fraction of sp³-hybridized carbons (Fsp3) is 0.591. The van der Waals surface area contributed by atoms with Crippen molar-refractivity contribution in [3.8, 4) is 0 Å². The molecule has 5 heteroatoms. The van der Waals surface area contributed by atoms with Gasteiger partial charge in [0.1, 0.15) is 0 Å². The first kappa shape index (κ1) is 17.4. The number of hydrogen-bond donors (Lipinski definition) is 0. The molecule has 1 aliphatic carbocycles. The van der Waals surface area contributed by atoms with Gasteiger partial charge in [-0.25, -0.2) is 0 Å². The third-order valence-electron chi connectivity index (χ3n) is 6.97. The Hall–Kier alpha value is -1.69. The van der Waals surface area contributed by atoms with Crippen molar-refractivity contribution in [1.82, 2.24) is 14.4 Å². The number of Topliss-reactive ketones (excluding diaryl/α,β-unsaturated/α-hetero) is 1. The lowest BCUT2D eigenvalue weighted by atomic mass is 9.71. The Morgan fingerprint density at radius 3 is 2.85 bits per heavy atom. The zero-order chi connectivity index (χ0) is 18.5. The molecule has 1 unspecified atom stereocenters. The van der Waals surface area contributed by atoms with Crippen LogP contribution < -0.4 is 0 Å². The molecule has 144 valence electrons. The van der Waals surface area contributed by atoms with Crippen molar-refractivity contribution in [3.05, 3.63) is 35.5 Å². The third-order valence-corrected chi connectivity index (χ3v) is 6.97. The fourth-order valence-electron chi connectivity index (χ4n) is 5.56. The number of benzene rings is 1. The molecule has 3 heterocycles. The van der Waals surface area contributed by atoms with Gasteiger partial charge < -0.3 is 14.2 Å². The molecule has 0 N–H and O–H groups in total. The van der Waals surface area contributed by atoms with Crippen molar-refractivity contribution in [1.29, 1.82) is 0 Å². The first-order valence-corrected chi connectivity index (χ1v) is 10.2. The van der Waals surface area contributed by atoms with Crippen LogP contribution in [0.1, 0.15) is 23.5 Å². The van der Waals surface area contributed by atoms with Crippen molar-refractivity contribution in [2.24, 2.45) is 13.0 Å². The number of likely N-dealkylation sites (N-methyl/N-ethyl adjacent to an activating group) is 1. The quantitative estimate of drug-likeness (QED) is 0.832. The zero-order valence-electron chi connectivity index (χ0n) is 16.4. The van der Waals surface area contributed by atoms with E-state index in [2.05, 4.69) is 52.9 Å². The molecular formula is C22H29N3O2. The van der Waals surface area contributed by atoms with Gasteiger partial charge in [0.25, 0.3) is 0 Å². The van der Waals surface area contributed by atoms with E-state index in [1.165, 1.54) is 22.0 Å². The minimum Gasteiger partial charge on any atom is -0.379 e. The standard InChI is InChI=1S/C22H29N3O2/c1-23-13-16-11-20-18(17-4-3-5-19(23)22(16)17)10-15(12-24(20)2)21(26)14-25-6-8-27-9-7-25/h3-5,13,15,18,20H,6-12,14H2,1-2H3/t15?,18-,20-/m1/s1. The van der Waals surface area contributed by atoms with Crippen molar-refractivity contribution in [3.63, 3.8) is 0 Å². The summed E-state index contributed by atoms with van der Waals surface area (Å²) in [6.07, 6.45) is 4.39.